The van der Waals surface area contributed by atoms with Crippen LogP contribution in [0.1, 0.15) is 31.2 Å². The van der Waals surface area contributed by atoms with Crippen LogP contribution in [-0.4, -0.2) is 5.33 Å². The first-order chi connectivity index (χ1) is 8.22. The Labute approximate surface area is 116 Å². The third-order valence-corrected chi connectivity index (χ3v) is 4.98. The third kappa shape index (κ3) is 3.23. The van der Waals surface area contributed by atoms with Gasteiger partial charge in [-0.25, -0.2) is 4.39 Å². The molecule has 3 heteroatoms. The molecule has 17 heavy (non-hydrogen) atoms. The molecule has 1 atom stereocenters. The lowest BCUT2D eigenvalue weighted by Gasteiger charge is -2.22. The standard InChI is InChI=1S/C14H17BrClF/c15-9-11(10-4-1-2-5-10)8-12-13(16)6-3-7-14(12)17/h3,6-7,10-11H,1-2,4-5,8-9H2. The highest BCUT2D eigenvalue weighted by molar-refractivity contribution is 9.09. The Morgan fingerprint density at radius 2 is 2.06 bits per heavy atom. The molecule has 1 unspecified atom stereocenters. The van der Waals surface area contributed by atoms with E-state index < -0.39 is 0 Å². The lowest BCUT2D eigenvalue weighted by atomic mass is 9.87. The lowest BCUT2D eigenvalue weighted by molar-refractivity contribution is 0.369. The maximum absolute atomic E-state index is 13.7. The molecule has 0 radical (unpaired) electrons. The van der Waals surface area contributed by atoms with Crippen LogP contribution >= 0.6 is 27.5 Å². The second-order valence-electron chi connectivity index (χ2n) is 4.86. The van der Waals surface area contributed by atoms with E-state index in [0.717, 1.165) is 17.7 Å². The van der Waals surface area contributed by atoms with Crippen molar-refractivity contribution in [2.24, 2.45) is 11.8 Å². The van der Waals surface area contributed by atoms with E-state index in [2.05, 4.69) is 15.9 Å². The van der Waals surface area contributed by atoms with Crippen LogP contribution in [0.2, 0.25) is 5.02 Å². The molecule has 0 N–H and O–H groups in total. The zero-order valence-electron chi connectivity index (χ0n) is 9.76. The third-order valence-electron chi connectivity index (χ3n) is 3.79. The van der Waals surface area contributed by atoms with E-state index in [4.69, 9.17) is 11.6 Å². The maximum Gasteiger partial charge on any atom is 0.127 e. The fourth-order valence-electron chi connectivity index (χ4n) is 2.77. The van der Waals surface area contributed by atoms with Crippen LogP contribution in [-0.2, 0) is 6.42 Å². The largest absolute Gasteiger partial charge is 0.207 e. The maximum atomic E-state index is 13.7. The summed E-state index contributed by atoms with van der Waals surface area (Å²) in [6.45, 7) is 0. The van der Waals surface area contributed by atoms with Crippen LogP contribution < -0.4 is 0 Å². The summed E-state index contributed by atoms with van der Waals surface area (Å²) in [7, 11) is 0. The zero-order valence-corrected chi connectivity index (χ0v) is 12.1. The molecule has 2 rings (SSSR count). The van der Waals surface area contributed by atoms with Gasteiger partial charge in [-0.2, -0.15) is 0 Å². The second-order valence-corrected chi connectivity index (χ2v) is 5.92. The predicted molar refractivity (Wildman–Crippen MR) is 74.4 cm³/mol. The van der Waals surface area contributed by atoms with E-state index in [0.29, 0.717) is 16.5 Å². The SMILES string of the molecule is Fc1cccc(Cl)c1CC(CBr)C1CCCC1. The average Bonchev–Trinajstić information content (AvgIpc) is 2.82. The molecule has 1 aliphatic carbocycles. The first kappa shape index (κ1) is 13.4. The van der Waals surface area contributed by atoms with Gasteiger partial charge < -0.3 is 0 Å². The van der Waals surface area contributed by atoms with Crippen LogP contribution in [0, 0.1) is 17.7 Å². The zero-order chi connectivity index (χ0) is 12.3. The minimum Gasteiger partial charge on any atom is -0.207 e. The van der Waals surface area contributed by atoms with Crippen molar-refractivity contribution in [1.29, 1.82) is 0 Å². The van der Waals surface area contributed by atoms with Gasteiger partial charge in [0.2, 0.25) is 0 Å². The molecule has 1 aromatic carbocycles. The van der Waals surface area contributed by atoms with Gasteiger partial charge >= 0.3 is 0 Å². The number of hydrogen-bond donors (Lipinski definition) is 0. The highest BCUT2D eigenvalue weighted by Crippen LogP contribution is 2.35. The molecule has 0 bridgehead atoms. The van der Waals surface area contributed by atoms with Crippen molar-refractivity contribution in [2.45, 2.75) is 32.1 Å². The van der Waals surface area contributed by atoms with Gasteiger partial charge in [-0.3, -0.25) is 0 Å². The predicted octanol–water partition coefficient (Wildman–Crippen LogP) is 5.22. The minimum absolute atomic E-state index is 0.165. The fourth-order valence-corrected chi connectivity index (χ4v) is 3.76. The van der Waals surface area contributed by atoms with Crippen molar-refractivity contribution in [3.8, 4) is 0 Å². The molecule has 1 aromatic rings. The summed E-state index contributed by atoms with van der Waals surface area (Å²) in [5.74, 6) is 1.07. The fraction of sp³-hybridized carbons (Fsp3) is 0.571. The van der Waals surface area contributed by atoms with E-state index in [-0.39, 0.29) is 5.82 Å². The Balaban J connectivity index is 2.12. The molecule has 94 valence electrons. The van der Waals surface area contributed by atoms with Crippen LogP contribution in [0.25, 0.3) is 0 Å². The van der Waals surface area contributed by atoms with Crippen molar-refractivity contribution in [3.05, 3.63) is 34.6 Å². The van der Waals surface area contributed by atoms with Gasteiger partial charge in [0.25, 0.3) is 0 Å². The summed E-state index contributed by atoms with van der Waals surface area (Å²) in [4.78, 5) is 0. The van der Waals surface area contributed by atoms with E-state index in [1.807, 2.05) is 0 Å². The Morgan fingerprint density at radius 1 is 1.35 bits per heavy atom. The number of benzene rings is 1. The van der Waals surface area contributed by atoms with Crippen molar-refractivity contribution in [2.75, 3.05) is 5.33 Å². The van der Waals surface area contributed by atoms with Gasteiger partial charge in [0, 0.05) is 15.9 Å². The quantitative estimate of drug-likeness (QED) is 0.667. The molecule has 0 amide bonds. The molecule has 1 aliphatic rings. The van der Waals surface area contributed by atoms with E-state index >= 15 is 0 Å². The van der Waals surface area contributed by atoms with Crippen LogP contribution in [0.3, 0.4) is 0 Å². The summed E-state index contributed by atoms with van der Waals surface area (Å²) < 4.78 is 13.7. The Bertz CT molecular complexity index is 354. The van der Waals surface area contributed by atoms with Gasteiger partial charge in [0.1, 0.15) is 5.82 Å². The van der Waals surface area contributed by atoms with E-state index in [9.17, 15) is 4.39 Å². The van der Waals surface area contributed by atoms with Gasteiger partial charge in [-0.15, -0.1) is 0 Å². The molecule has 0 saturated heterocycles. The Morgan fingerprint density at radius 3 is 2.65 bits per heavy atom. The molecule has 0 heterocycles. The summed E-state index contributed by atoms with van der Waals surface area (Å²) in [6, 6.07) is 4.95. The number of rotatable bonds is 4. The molecule has 0 nitrogen and oxygen atoms in total. The Kier molecular flexibility index (Phi) is 4.87. The van der Waals surface area contributed by atoms with E-state index in [1.165, 1.54) is 31.7 Å². The van der Waals surface area contributed by atoms with Crippen LogP contribution in [0.15, 0.2) is 18.2 Å². The van der Waals surface area contributed by atoms with Gasteiger partial charge in [0.15, 0.2) is 0 Å². The summed E-state index contributed by atoms with van der Waals surface area (Å²) >= 11 is 9.65. The molecule has 0 aromatic heterocycles. The number of alkyl halides is 1. The van der Waals surface area contributed by atoms with Crippen LogP contribution in [0.4, 0.5) is 4.39 Å². The van der Waals surface area contributed by atoms with Crippen molar-refractivity contribution >= 4 is 27.5 Å². The van der Waals surface area contributed by atoms with Crippen molar-refractivity contribution in [3.63, 3.8) is 0 Å². The van der Waals surface area contributed by atoms with Gasteiger partial charge in [-0.05, 0) is 30.4 Å². The molecule has 0 aliphatic heterocycles. The van der Waals surface area contributed by atoms with Gasteiger partial charge in [-0.1, -0.05) is 59.3 Å². The molecular formula is C14H17BrClF. The van der Waals surface area contributed by atoms with Crippen molar-refractivity contribution in [1.82, 2.24) is 0 Å². The highest BCUT2D eigenvalue weighted by Gasteiger charge is 2.25. The number of hydrogen-bond acceptors (Lipinski definition) is 0. The number of halogens is 3. The molecular weight excluding hydrogens is 303 g/mol. The second kappa shape index (κ2) is 6.19. The Hall–Kier alpha value is -0.0800. The first-order valence-corrected chi connectivity index (χ1v) is 7.71. The molecule has 1 fully saturated rings. The lowest BCUT2D eigenvalue weighted by Crippen LogP contribution is -2.17. The average molecular weight is 320 g/mol. The topological polar surface area (TPSA) is 0 Å². The molecule has 0 spiro atoms. The van der Waals surface area contributed by atoms with E-state index in [1.54, 1.807) is 12.1 Å². The molecule has 1 saturated carbocycles. The summed E-state index contributed by atoms with van der Waals surface area (Å²) in [5.41, 5.74) is 0.686. The first-order valence-electron chi connectivity index (χ1n) is 6.21. The van der Waals surface area contributed by atoms with Crippen molar-refractivity contribution < 1.29 is 4.39 Å². The summed E-state index contributed by atoms with van der Waals surface area (Å²) in [5, 5.41) is 1.50. The monoisotopic (exact) mass is 318 g/mol. The normalized spacial score (nSPS) is 18.5. The highest BCUT2D eigenvalue weighted by atomic mass is 79.9. The minimum atomic E-state index is -0.165. The smallest absolute Gasteiger partial charge is 0.127 e. The van der Waals surface area contributed by atoms with Crippen LogP contribution in [0.5, 0.6) is 0 Å². The summed E-state index contributed by atoms with van der Waals surface area (Å²) in [6.07, 6.45) is 5.95. The van der Waals surface area contributed by atoms with Gasteiger partial charge in [0.05, 0.1) is 0 Å².